The molecule has 12 heteroatoms. The van der Waals surface area contributed by atoms with E-state index in [1.807, 2.05) is 11.6 Å². The van der Waals surface area contributed by atoms with Crippen LogP contribution in [0, 0.1) is 6.92 Å². The highest BCUT2D eigenvalue weighted by Crippen LogP contribution is 2.34. The second-order valence-corrected chi connectivity index (χ2v) is 9.96. The van der Waals surface area contributed by atoms with Gasteiger partial charge in [0.25, 0.3) is 0 Å². The summed E-state index contributed by atoms with van der Waals surface area (Å²) in [5.41, 5.74) is 1.54. The van der Waals surface area contributed by atoms with Gasteiger partial charge in [-0.1, -0.05) is 25.1 Å². The summed E-state index contributed by atoms with van der Waals surface area (Å²) in [5.74, 6) is -0.797. The van der Waals surface area contributed by atoms with Crippen LogP contribution in [0.25, 0.3) is 11.4 Å². The lowest BCUT2D eigenvalue weighted by atomic mass is 10.1. The van der Waals surface area contributed by atoms with Crippen LogP contribution in [0.3, 0.4) is 0 Å². The van der Waals surface area contributed by atoms with E-state index in [-0.39, 0.29) is 27.1 Å². The summed E-state index contributed by atoms with van der Waals surface area (Å²) < 4.78 is 11.4. The molecule has 3 aromatic rings. The van der Waals surface area contributed by atoms with E-state index in [1.165, 1.54) is 30.9 Å². The predicted octanol–water partition coefficient (Wildman–Crippen LogP) is 4.17. The van der Waals surface area contributed by atoms with Crippen LogP contribution in [0.5, 0.6) is 0 Å². The number of hydrogen-bond donors (Lipinski definition) is 1. The molecule has 0 aliphatic carbocycles. The molecule has 0 aliphatic rings. The van der Waals surface area contributed by atoms with Crippen molar-refractivity contribution in [2.45, 2.75) is 31.8 Å². The Balaban J connectivity index is 1.72. The van der Waals surface area contributed by atoms with Crippen LogP contribution in [0.15, 0.2) is 16.6 Å². The maximum atomic E-state index is 12.6. The van der Waals surface area contributed by atoms with E-state index in [0.29, 0.717) is 10.7 Å². The van der Waals surface area contributed by atoms with E-state index in [9.17, 15) is 14.4 Å². The van der Waals surface area contributed by atoms with Gasteiger partial charge in [0.1, 0.15) is 9.88 Å². The average molecular weight is 509 g/mol. The third-order valence-corrected chi connectivity index (χ3v) is 7.94. The summed E-state index contributed by atoms with van der Waals surface area (Å²) >= 11 is 3.90. The summed E-state index contributed by atoms with van der Waals surface area (Å²) in [6.45, 7) is 3.75. The van der Waals surface area contributed by atoms with Gasteiger partial charge in [0.05, 0.1) is 25.5 Å². The molecule has 0 unspecified atom stereocenters. The first-order valence-electron chi connectivity index (χ1n) is 10.00. The van der Waals surface area contributed by atoms with Crippen LogP contribution in [0.2, 0.25) is 0 Å². The van der Waals surface area contributed by atoms with Crippen LogP contribution in [0.1, 0.15) is 43.8 Å². The number of ether oxygens (including phenoxy) is 2. The summed E-state index contributed by atoms with van der Waals surface area (Å²) in [6, 6.07) is 2.12. The molecule has 0 aliphatic heterocycles. The number of aryl methyl sites for hydroxylation is 1. The number of anilines is 1. The molecule has 0 saturated carbocycles. The zero-order chi connectivity index (χ0) is 24.1. The van der Waals surface area contributed by atoms with Crippen molar-refractivity contribution in [3.05, 3.63) is 32.3 Å². The molecule has 0 atom stereocenters. The molecule has 3 rings (SSSR count). The monoisotopic (exact) mass is 508 g/mol. The van der Waals surface area contributed by atoms with Gasteiger partial charge in [-0.3, -0.25) is 4.79 Å². The molecule has 176 valence electrons. The number of esters is 2. The summed E-state index contributed by atoms with van der Waals surface area (Å²) in [5, 5.41) is 14.1. The number of thiophene rings is 2. The Morgan fingerprint density at radius 1 is 1.18 bits per heavy atom. The Kier molecular flexibility index (Phi) is 8.27. The molecule has 1 amide bonds. The largest absolute Gasteiger partial charge is 0.465 e. The summed E-state index contributed by atoms with van der Waals surface area (Å²) in [6.07, 6.45) is 2.11. The minimum Gasteiger partial charge on any atom is -0.465 e. The van der Waals surface area contributed by atoms with Gasteiger partial charge in [-0.2, -0.15) is 0 Å². The lowest BCUT2D eigenvalue weighted by molar-refractivity contribution is -0.113. The molecule has 0 radical (unpaired) electrons. The van der Waals surface area contributed by atoms with Crippen molar-refractivity contribution in [2.75, 3.05) is 25.3 Å². The lowest BCUT2D eigenvalue weighted by Crippen LogP contribution is -2.16. The smallest absolute Gasteiger partial charge is 0.348 e. The minimum atomic E-state index is -0.641. The highest BCUT2D eigenvalue weighted by Gasteiger charge is 2.27. The van der Waals surface area contributed by atoms with Gasteiger partial charge in [0.2, 0.25) is 5.91 Å². The lowest BCUT2D eigenvalue weighted by Gasteiger charge is -2.06. The molecule has 0 spiro atoms. The van der Waals surface area contributed by atoms with E-state index in [1.54, 1.807) is 18.3 Å². The number of nitrogens with zero attached hydrogens (tertiary/aromatic N) is 3. The molecule has 0 fully saturated rings. The van der Waals surface area contributed by atoms with Crippen molar-refractivity contribution in [3.63, 3.8) is 0 Å². The Labute approximate surface area is 203 Å². The van der Waals surface area contributed by atoms with Crippen LogP contribution in [-0.2, 0) is 27.7 Å². The SMILES string of the molecule is CCCc1cc(-c2nnc(SCC(=O)Nc3sc(C(=O)OC)c(C)c3C(=O)OC)n2C)cs1. The zero-order valence-corrected chi connectivity index (χ0v) is 21.3. The standard InChI is InChI=1S/C21H24N4O5S3/c1-6-7-13-8-12(9-31-13)17-23-24-21(25(17)3)32-10-14(26)22-18-15(19(27)29-4)11(2)16(33-18)20(28)30-5/h8-9H,6-7,10H2,1-5H3,(H,22,26). The van der Waals surface area contributed by atoms with Crippen LogP contribution in [-0.4, -0.2) is 52.6 Å². The van der Waals surface area contributed by atoms with Gasteiger partial charge < -0.3 is 19.4 Å². The van der Waals surface area contributed by atoms with Gasteiger partial charge in [-0.15, -0.1) is 32.9 Å². The molecular formula is C21H24N4O5S3. The second kappa shape index (κ2) is 10.9. The molecule has 3 aromatic heterocycles. The average Bonchev–Trinajstić information content (AvgIpc) is 3.49. The number of rotatable bonds is 9. The van der Waals surface area contributed by atoms with Crippen molar-refractivity contribution in [1.29, 1.82) is 0 Å². The normalized spacial score (nSPS) is 10.8. The van der Waals surface area contributed by atoms with Crippen molar-refractivity contribution < 1.29 is 23.9 Å². The van der Waals surface area contributed by atoms with Crippen molar-refractivity contribution in [1.82, 2.24) is 14.8 Å². The number of nitrogens with one attached hydrogen (secondary N) is 1. The van der Waals surface area contributed by atoms with Gasteiger partial charge in [-0.05, 0) is 25.0 Å². The Morgan fingerprint density at radius 2 is 1.91 bits per heavy atom. The van der Waals surface area contributed by atoms with E-state index in [4.69, 9.17) is 9.47 Å². The number of carbonyl (C=O) groups is 3. The fourth-order valence-electron chi connectivity index (χ4n) is 3.10. The molecule has 0 aromatic carbocycles. The molecular weight excluding hydrogens is 484 g/mol. The third kappa shape index (κ3) is 5.45. The Bertz CT molecular complexity index is 1180. The summed E-state index contributed by atoms with van der Waals surface area (Å²) in [7, 11) is 4.35. The molecule has 9 nitrogen and oxygen atoms in total. The first kappa shape index (κ1) is 24.9. The van der Waals surface area contributed by atoms with E-state index >= 15 is 0 Å². The highest BCUT2D eigenvalue weighted by atomic mass is 32.2. The Morgan fingerprint density at radius 3 is 2.58 bits per heavy atom. The van der Waals surface area contributed by atoms with Gasteiger partial charge in [0.15, 0.2) is 11.0 Å². The number of hydrogen-bond acceptors (Lipinski definition) is 10. The maximum absolute atomic E-state index is 12.6. The van der Waals surface area contributed by atoms with Crippen LogP contribution < -0.4 is 5.32 Å². The Hall–Kier alpha value is -2.70. The van der Waals surface area contributed by atoms with Crippen molar-refractivity contribution in [2.24, 2.45) is 7.05 Å². The highest BCUT2D eigenvalue weighted by molar-refractivity contribution is 7.99. The zero-order valence-electron chi connectivity index (χ0n) is 18.9. The molecule has 3 heterocycles. The van der Waals surface area contributed by atoms with Crippen LogP contribution >= 0.6 is 34.4 Å². The second-order valence-electron chi connectivity index (χ2n) is 7.00. The number of methoxy groups -OCH3 is 2. The number of thioether (sulfide) groups is 1. The minimum absolute atomic E-state index is 0.0435. The maximum Gasteiger partial charge on any atom is 0.348 e. The van der Waals surface area contributed by atoms with Crippen LogP contribution in [0.4, 0.5) is 5.00 Å². The van der Waals surface area contributed by atoms with E-state index in [2.05, 4.69) is 33.9 Å². The first-order valence-corrected chi connectivity index (χ1v) is 12.7. The number of carbonyl (C=O) groups excluding carboxylic acids is 3. The van der Waals surface area contributed by atoms with E-state index < -0.39 is 11.9 Å². The first-order chi connectivity index (χ1) is 15.8. The quantitative estimate of drug-likeness (QED) is 0.339. The molecule has 0 bridgehead atoms. The predicted molar refractivity (Wildman–Crippen MR) is 129 cm³/mol. The van der Waals surface area contributed by atoms with E-state index in [0.717, 1.165) is 35.6 Å². The number of aromatic nitrogens is 3. The van der Waals surface area contributed by atoms with Crippen molar-refractivity contribution >= 4 is 57.3 Å². The van der Waals surface area contributed by atoms with Gasteiger partial charge in [0, 0.05) is 22.9 Å². The topological polar surface area (TPSA) is 112 Å². The fourth-order valence-corrected chi connectivity index (χ4v) is 5.91. The van der Waals surface area contributed by atoms with Crippen molar-refractivity contribution in [3.8, 4) is 11.4 Å². The summed E-state index contributed by atoms with van der Waals surface area (Å²) in [4.78, 5) is 38.4. The molecule has 1 N–H and O–H groups in total. The van der Waals surface area contributed by atoms with Gasteiger partial charge >= 0.3 is 11.9 Å². The number of amides is 1. The molecule has 0 saturated heterocycles. The molecule has 33 heavy (non-hydrogen) atoms. The third-order valence-electron chi connectivity index (χ3n) is 4.74. The fraction of sp³-hybridized carbons (Fsp3) is 0.381. The van der Waals surface area contributed by atoms with Gasteiger partial charge in [-0.25, -0.2) is 9.59 Å².